The third-order valence-electron chi connectivity index (χ3n) is 4.10. The molecule has 1 aliphatic heterocycles. The number of aryl methyl sites for hydroxylation is 1. The lowest BCUT2D eigenvalue weighted by Crippen LogP contribution is -2.34. The number of halogens is 4. The molecule has 0 radical (unpaired) electrons. The van der Waals surface area contributed by atoms with Crippen LogP contribution in [0.2, 0.25) is 5.02 Å². The third kappa shape index (κ3) is 4.10. The van der Waals surface area contributed by atoms with E-state index in [-0.39, 0.29) is 11.4 Å². The highest BCUT2D eigenvalue weighted by molar-refractivity contribution is 7.99. The van der Waals surface area contributed by atoms with Gasteiger partial charge in [0.25, 0.3) is 0 Å². The number of nitrogens with zero attached hydrogens (tertiary/aromatic N) is 1. The van der Waals surface area contributed by atoms with E-state index in [0.717, 1.165) is 17.7 Å². The van der Waals surface area contributed by atoms with Gasteiger partial charge in [0.1, 0.15) is 5.37 Å². The maximum atomic E-state index is 12.7. The Bertz CT molecular complexity index is 811. The van der Waals surface area contributed by atoms with Crippen LogP contribution in [0.1, 0.15) is 22.1 Å². The molecule has 2 aromatic rings. The highest BCUT2D eigenvalue weighted by Crippen LogP contribution is 2.39. The van der Waals surface area contributed by atoms with Crippen LogP contribution in [0.5, 0.6) is 0 Å². The van der Waals surface area contributed by atoms with E-state index < -0.39 is 11.7 Å². The van der Waals surface area contributed by atoms with Gasteiger partial charge in [-0.2, -0.15) is 13.2 Å². The van der Waals surface area contributed by atoms with E-state index in [2.05, 4.69) is 5.32 Å². The summed E-state index contributed by atoms with van der Waals surface area (Å²) in [5.74, 6) is 0.716. The minimum atomic E-state index is -4.37. The second kappa shape index (κ2) is 7.40. The number of benzene rings is 2. The first-order valence-corrected chi connectivity index (χ1v) is 9.31. The highest BCUT2D eigenvalue weighted by Gasteiger charge is 2.33. The molecule has 1 aliphatic rings. The van der Waals surface area contributed by atoms with Gasteiger partial charge in [-0.3, -0.25) is 0 Å². The molecule has 8 heteroatoms. The highest BCUT2D eigenvalue weighted by atomic mass is 35.5. The number of nitrogens with one attached hydrogen (secondary N) is 1. The van der Waals surface area contributed by atoms with Crippen molar-refractivity contribution < 1.29 is 18.0 Å². The SMILES string of the molecule is Cc1ccc(NC(=O)N2CCS[C@H]2c2ccc(C(F)(F)F)cc2)cc1Cl. The summed E-state index contributed by atoms with van der Waals surface area (Å²) in [5, 5.41) is 3.03. The molecule has 0 saturated carbocycles. The lowest BCUT2D eigenvalue weighted by atomic mass is 10.1. The Morgan fingerprint density at radius 3 is 2.54 bits per heavy atom. The standard InChI is InChI=1S/C18H16ClF3N2OS/c1-11-2-7-14(10-15(11)19)23-17(25)24-8-9-26-16(24)12-3-5-13(6-4-12)18(20,21)22/h2-7,10,16H,8-9H2,1H3,(H,23,25)/t16-/m0/s1. The summed E-state index contributed by atoms with van der Waals surface area (Å²) in [6.07, 6.45) is -4.37. The van der Waals surface area contributed by atoms with Crippen molar-refractivity contribution >= 4 is 35.1 Å². The van der Waals surface area contributed by atoms with Crippen LogP contribution < -0.4 is 5.32 Å². The maximum Gasteiger partial charge on any atom is 0.416 e. The fourth-order valence-electron chi connectivity index (χ4n) is 2.66. The van der Waals surface area contributed by atoms with Crippen LogP contribution in [0.4, 0.5) is 23.7 Å². The fraction of sp³-hybridized carbons (Fsp3) is 0.278. The van der Waals surface area contributed by atoms with Crippen molar-refractivity contribution in [2.24, 2.45) is 0 Å². The Labute approximate surface area is 158 Å². The number of rotatable bonds is 2. The molecular weight excluding hydrogens is 385 g/mol. The molecule has 0 aliphatic carbocycles. The Balaban J connectivity index is 1.75. The smallest absolute Gasteiger partial charge is 0.308 e. The average molecular weight is 401 g/mol. The molecule has 1 atom stereocenters. The minimum Gasteiger partial charge on any atom is -0.308 e. The summed E-state index contributed by atoms with van der Waals surface area (Å²) in [6.45, 7) is 2.38. The summed E-state index contributed by atoms with van der Waals surface area (Å²) in [7, 11) is 0. The molecule has 138 valence electrons. The molecule has 1 N–H and O–H groups in total. The van der Waals surface area contributed by atoms with Gasteiger partial charge in [0.2, 0.25) is 0 Å². The number of hydrogen-bond donors (Lipinski definition) is 1. The molecular formula is C18H16ClF3N2OS. The van der Waals surface area contributed by atoms with Crippen LogP contribution in [0.15, 0.2) is 42.5 Å². The van der Waals surface area contributed by atoms with Gasteiger partial charge in [0.15, 0.2) is 0 Å². The monoisotopic (exact) mass is 400 g/mol. The summed E-state index contributed by atoms with van der Waals surface area (Å²) < 4.78 is 38.1. The largest absolute Gasteiger partial charge is 0.416 e. The first-order chi connectivity index (χ1) is 12.3. The summed E-state index contributed by atoms with van der Waals surface area (Å²) in [5.41, 5.74) is 1.45. The Morgan fingerprint density at radius 1 is 1.23 bits per heavy atom. The van der Waals surface area contributed by atoms with E-state index in [1.54, 1.807) is 17.0 Å². The van der Waals surface area contributed by atoms with Crippen molar-refractivity contribution in [3.05, 3.63) is 64.2 Å². The number of carbonyl (C=O) groups is 1. The zero-order valence-corrected chi connectivity index (χ0v) is 15.4. The van der Waals surface area contributed by atoms with Crippen molar-refractivity contribution in [2.45, 2.75) is 18.5 Å². The van der Waals surface area contributed by atoms with E-state index in [0.29, 0.717) is 28.6 Å². The summed E-state index contributed by atoms with van der Waals surface area (Å²) >= 11 is 7.59. The van der Waals surface area contributed by atoms with Crippen molar-refractivity contribution in [3.63, 3.8) is 0 Å². The fourth-order valence-corrected chi connectivity index (χ4v) is 4.09. The molecule has 2 aromatic carbocycles. The van der Waals surface area contributed by atoms with E-state index in [9.17, 15) is 18.0 Å². The van der Waals surface area contributed by atoms with Crippen LogP contribution in [0.3, 0.4) is 0 Å². The van der Waals surface area contributed by atoms with Gasteiger partial charge >= 0.3 is 12.2 Å². The van der Waals surface area contributed by atoms with Gasteiger partial charge < -0.3 is 10.2 Å². The number of alkyl halides is 3. The predicted molar refractivity (Wildman–Crippen MR) is 98.6 cm³/mol. The molecule has 1 heterocycles. The number of amides is 2. The predicted octanol–water partition coefficient (Wildman–Crippen LogP) is 5.95. The molecule has 2 amide bonds. The number of hydrogen-bond acceptors (Lipinski definition) is 2. The Morgan fingerprint density at radius 2 is 1.92 bits per heavy atom. The van der Waals surface area contributed by atoms with Gasteiger partial charge in [-0.25, -0.2) is 4.79 Å². The molecule has 1 fully saturated rings. The molecule has 0 spiro atoms. The van der Waals surface area contributed by atoms with Crippen LogP contribution in [0.25, 0.3) is 0 Å². The van der Waals surface area contributed by atoms with Crippen LogP contribution in [0, 0.1) is 6.92 Å². The van der Waals surface area contributed by atoms with E-state index in [4.69, 9.17) is 11.6 Å². The van der Waals surface area contributed by atoms with E-state index in [1.807, 2.05) is 13.0 Å². The van der Waals surface area contributed by atoms with Gasteiger partial charge in [-0.15, -0.1) is 11.8 Å². The van der Waals surface area contributed by atoms with Crippen molar-refractivity contribution in [1.82, 2.24) is 4.90 Å². The molecule has 0 unspecified atom stereocenters. The Kier molecular flexibility index (Phi) is 5.39. The first kappa shape index (κ1) is 18.9. The number of thioether (sulfide) groups is 1. The Hall–Kier alpha value is -1.86. The number of carbonyl (C=O) groups excluding carboxylic acids is 1. The van der Waals surface area contributed by atoms with Crippen LogP contribution >= 0.6 is 23.4 Å². The minimum absolute atomic E-state index is 0.306. The molecule has 0 aromatic heterocycles. The van der Waals surface area contributed by atoms with Crippen molar-refractivity contribution in [2.75, 3.05) is 17.6 Å². The number of anilines is 1. The van der Waals surface area contributed by atoms with Crippen molar-refractivity contribution in [3.8, 4) is 0 Å². The topological polar surface area (TPSA) is 32.3 Å². The zero-order valence-electron chi connectivity index (χ0n) is 13.8. The first-order valence-electron chi connectivity index (χ1n) is 7.88. The summed E-state index contributed by atoms with van der Waals surface area (Å²) in [4.78, 5) is 14.2. The van der Waals surface area contributed by atoms with Crippen LogP contribution in [-0.2, 0) is 6.18 Å². The van der Waals surface area contributed by atoms with Crippen LogP contribution in [-0.4, -0.2) is 23.2 Å². The molecule has 1 saturated heterocycles. The van der Waals surface area contributed by atoms with Gasteiger partial charge in [0, 0.05) is 23.0 Å². The zero-order chi connectivity index (χ0) is 18.9. The molecule has 3 rings (SSSR count). The van der Waals surface area contributed by atoms with E-state index in [1.165, 1.54) is 23.9 Å². The lowest BCUT2D eigenvalue weighted by molar-refractivity contribution is -0.137. The van der Waals surface area contributed by atoms with Gasteiger partial charge in [-0.1, -0.05) is 29.8 Å². The number of urea groups is 1. The average Bonchev–Trinajstić information content (AvgIpc) is 3.07. The third-order valence-corrected chi connectivity index (χ3v) is 5.77. The second-order valence-corrected chi connectivity index (χ2v) is 7.53. The molecule has 3 nitrogen and oxygen atoms in total. The normalized spacial score (nSPS) is 17.4. The maximum absolute atomic E-state index is 12.7. The molecule has 26 heavy (non-hydrogen) atoms. The van der Waals surface area contributed by atoms with Gasteiger partial charge in [0.05, 0.1) is 5.56 Å². The van der Waals surface area contributed by atoms with Crippen molar-refractivity contribution in [1.29, 1.82) is 0 Å². The van der Waals surface area contributed by atoms with Gasteiger partial charge in [-0.05, 0) is 42.3 Å². The summed E-state index contributed by atoms with van der Waals surface area (Å²) in [6, 6.07) is 9.88. The quantitative estimate of drug-likeness (QED) is 0.675. The lowest BCUT2D eigenvalue weighted by Gasteiger charge is -2.25. The molecule has 0 bridgehead atoms. The van der Waals surface area contributed by atoms with E-state index >= 15 is 0 Å². The second-order valence-electron chi connectivity index (χ2n) is 5.93.